The van der Waals surface area contributed by atoms with E-state index in [2.05, 4.69) is 20.8 Å². The average molecular weight is 550 g/mol. The Morgan fingerprint density at radius 3 is 2.08 bits per heavy atom. The maximum atomic E-state index is 11.4. The number of ether oxygens (including phenoxy) is 5. The lowest BCUT2D eigenvalue weighted by molar-refractivity contribution is -0.151. The van der Waals surface area contributed by atoms with Crippen LogP contribution in [-0.4, -0.2) is 56.5 Å². The molecule has 0 aromatic heterocycles. The van der Waals surface area contributed by atoms with Gasteiger partial charge >= 0.3 is 11.9 Å². The van der Waals surface area contributed by atoms with Crippen LogP contribution in [0.15, 0.2) is 42.5 Å². The minimum atomic E-state index is -0.552. The first-order valence-electron chi connectivity index (χ1n) is 12.8. The van der Waals surface area contributed by atoms with Gasteiger partial charge in [0.25, 0.3) is 0 Å². The molecule has 0 heterocycles. The molecule has 0 fully saturated rings. The topological polar surface area (TPSA) is 106 Å². The molecular weight excluding hydrogens is 510 g/mol. The minimum Gasteiger partial charge on any atom is -0.490 e. The zero-order chi connectivity index (χ0) is 28.1. The van der Waals surface area contributed by atoms with Crippen LogP contribution < -0.4 is 15.2 Å². The van der Waals surface area contributed by atoms with Crippen molar-refractivity contribution in [2.75, 3.05) is 38.0 Å². The Morgan fingerprint density at radius 2 is 1.50 bits per heavy atom. The van der Waals surface area contributed by atoms with Crippen molar-refractivity contribution in [2.45, 2.75) is 65.1 Å². The fourth-order valence-corrected chi connectivity index (χ4v) is 3.88. The summed E-state index contributed by atoms with van der Waals surface area (Å²) in [5.41, 5.74) is 8.46. The summed E-state index contributed by atoms with van der Waals surface area (Å²) in [6.07, 6.45) is 0.965. The van der Waals surface area contributed by atoms with Crippen molar-refractivity contribution in [1.82, 2.24) is 0 Å². The van der Waals surface area contributed by atoms with Crippen molar-refractivity contribution in [3.05, 3.63) is 53.6 Å². The van der Waals surface area contributed by atoms with E-state index in [1.165, 1.54) is 13.8 Å². The lowest BCUT2D eigenvalue weighted by Gasteiger charge is -2.27. The number of anilines is 1. The molecule has 9 heteroatoms. The molecule has 2 aromatic carbocycles. The predicted molar refractivity (Wildman–Crippen MR) is 148 cm³/mol. The van der Waals surface area contributed by atoms with Crippen LogP contribution in [0.3, 0.4) is 0 Å². The zero-order valence-corrected chi connectivity index (χ0v) is 23.7. The molecule has 0 aliphatic rings. The molecule has 2 N–H and O–H groups in total. The molecule has 0 saturated carbocycles. The normalized spacial score (nSPS) is 12.9. The van der Waals surface area contributed by atoms with Crippen LogP contribution >= 0.6 is 11.6 Å². The lowest BCUT2D eigenvalue weighted by atomic mass is 9.78. The fourth-order valence-electron chi connectivity index (χ4n) is 3.73. The van der Waals surface area contributed by atoms with Gasteiger partial charge in [0.05, 0.1) is 18.2 Å². The van der Waals surface area contributed by atoms with E-state index >= 15 is 0 Å². The van der Waals surface area contributed by atoms with E-state index in [9.17, 15) is 9.59 Å². The number of esters is 2. The third kappa shape index (κ3) is 10.1. The molecular formula is C29H40ClNO7. The average Bonchev–Trinajstić information content (AvgIpc) is 2.87. The molecule has 0 spiro atoms. The van der Waals surface area contributed by atoms with Crippen LogP contribution in [-0.2, 0) is 29.2 Å². The van der Waals surface area contributed by atoms with Crippen LogP contribution in [0.5, 0.6) is 11.5 Å². The van der Waals surface area contributed by atoms with E-state index in [-0.39, 0.29) is 30.5 Å². The number of benzene rings is 2. The van der Waals surface area contributed by atoms with Crippen LogP contribution in [0.2, 0.25) is 0 Å². The molecule has 2 aromatic rings. The van der Waals surface area contributed by atoms with Crippen LogP contribution in [0.25, 0.3) is 0 Å². The number of nitrogen functional groups attached to an aromatic ring is 1. The molecule has 0 saturated heterocycles. The molecule has 2 rings (SSSR count). The van der Waals surface area contributed by atoms with E-state index in [0.29, 0.717) is 30.4 Å². The van der Waals surface area contributed by atoms with Crippen molar-refractivity contribution in [3.8, 4) is 11.5 Å². The van der Waals surface area contributed by atoms with Gasteiger partial charge in [-0.1, -0.05) is 45.4 Å². The Kier molecular flexibility index (Phi) is 12.7. The summed E-state index contributed by atoms with van der Waals surface area (Å²) in [5, 5.41) is 0. The highest BCUT2D eigenvalue weighted by atomic mass is 35.5. The minimum absolute atomic E-state index is 0.112. The van der Waals surface area contributed by atoms with E-state index < -0.39 is 18.2 Å². The largest absolute Gasteiger partial charge is 0.490 e. The number of carbonyl (C=O) groups is 2. The molecule has 0 amide bonds. The van der Waals surface area contributed by atoms with Gasteiger partial charge in [-0.25, -0.2) is 0 Å². The second-order valence-corrected chi connectivity index (χ2v) is 9.88. The van der Waals surface area contributed by atoms with Crippen molar-refractivity contribution in [3.63, 3.8) is 0 Å². The number of hydrogen-bond acceptors (Lipinski definition) is 8. The molecule has 0 radical (unpaired) electrons. The van der Waals surface area contributed by atoms with Gasteiger partial charge in [-0.15, -0.1) is 11.6 Å². The summed E-state index contributed by atoms with van der Waals surface area (Å²) in [7, 11) is 0. The van der Waals surface area contributed by atoms with Crippen LogP contribution in [0, 0.1) is 0 Å². The quantitative estimate of drug-likeness (QED) is 0.131. The summed E-state index contributed by atoms with van der Waals surface area (Å²) < 4.78 is 27.7. The highest BCUT2D eigenvalue weighted by Crippen LogP contribution is 2.35. The maximum absolute atomic E-state index is 11.4. The molecule has 210 valence electrons. The molecule has 2 atom stereocenters. The summed E-state index contributed by atoms with van der Waals surface area (Å²) in [6, 6.07) is 13.4. The van der Waals surface area contributed by atoms with Crippen molar-refractivity contribution >= 4 is 29.2 Å². The van der Waals surface area contributed by atoms with Gasteiger partial charge in [0.2, 0.25) is 0 Å². The molecule has 38 heavy (non-hydrogen) atoms. The van der Waals surface area contributed by atoms with E-state index in [4.69, 9.17) is 41.0 Å². The number of hydrogen-bond donors (Lipinski definition) is 1. The van der Waals surface area contributed by atoms with Gasteiger partial charge in [0.15, 0.2) is 6.10 Å². The van der Waals surface area contributed by atoms with Gasteiger partial charge in [-0.05, 0) is 41.8 Å². The third-order valence-corrected chi connectivity index (χ3v) is 6.30. The second kappa shape index (κ2) is 15.4. The first-order valence-corrected chi connectivity index (χ1v) is 13.3. The molecule has 8 nitrogen and oxygen atoms in total. The number of rotatable bonds is 16. The molecule has 0 aliphatic carbocycles. The Morgan fingerprint density at radius 1 is 0.895 bits per heavy atom. The highest BCUT2D eigenvalue weighted by Gasteiger charge is 2.24. The molecule has 0 bridgehead atoms. The maximum Gasteiger partial charge on any atom is 0.303 e. The first kappa shape index (κ1) is 31.2. The molecule has 0 aliphatic heterocycles. The number of unbranched alkanes of at least 4 members (excludes halogenated alkanes) is 1. The number of alkyl halides is 1. The van der Waals surface area contributed by atoms with Gasteiger partial charge in [-0.3, -0.25) is 9.59 Å². The lowest BCUT2D eigenvalue weighted by Crippen LogP contribution is -2.29. The molecule has 2 unspecified atom stereocenters. The zero-order valence-electron chi connectivity index (χ0n) is 23.0. The van der Waals surface area contributed by atoms with Gasteiger partial charge < -0.3 is 29.4 Å². The Labute approximate surface area is 230 Å². The summed E-state index contributed by atoms with van der Waals surface area (Å²) in [4.78, 5) is 22.6. The first-order chi connectivity index (χ1) is 18.1. The summed E-state index contributed by atoms with van der Waals surface area (Å²) >= 11 is 5.84. The second-order valence-electron chi connectivity index (χ2n) is 9.57. The smallest absolute Gasteiger partial charge is 0.303 e. The Balaban J connectivity index is 2.02. The van der Waals surface area contributed by atoms with E-state index in [1.807, 2.05) is 36.4 Å². The number of nitrogens with two attached hydrogens (primary N) is 1. The highest BCUT2D eigenvalue weighted by molar-refractivity contribution is 6.18. The number of carbonyl (C=O) groups excluding carboxylic acids is 2. The van der Waals surface area contributed by atoms with Crippen molar-refractivity contribution < 1.29 is 33.3 Å². The SMILES string of the molecule is CCCCOCC(COc1ccc(C(C)(C)c2ccc(OCC(CCl)OC(C)=O)c(N)c2)cc1)OC(C)=O. The summed E-state index contributed by atoms with van der Waals surface area (Å²) in [5.74, 6) is 0.508. The number of halogens is 1. The summed E-state index contributed by atoms with van der Waals surface area (Å²) in [6.45, 7) is 10.2. The fraction of sp³-hybridized carbons (Fsp3) is 0.517. The monoisotopic (exact) mass is 549 g/mol. The van der Waals surface area contributed by atoms with Gasteiger partial charge in [0, 0.05) is 25.9 Å². The van der Waals surface area contributed by atoms with E-state index in [1.54, 1.807) is 6.07 Å². The van der Waals surface area contributed by atoms with E-state index in [0.717, 1.165) is 24.0 Å². The van der Waals surface area contributed by atoms with Crippen LogP contribution in [0.4, 0.5) is 5.69 Å². The van der Waals surface area contributed by atoms with Gasteiger partial charge in [0.1, 0.15) is 30.8 Å². The van der Waals surface area contributed by atoms with Crippen molar-refractivity contribution in [1.29, 1.82) is 0 Å². The van der Waals surface area contributed by atoms with Crippen molar-refractivity contribution in [2.24, 2.45) is 0 Å². The predicted octanol–water partition coefficient (Wildman–Crippen LogP) is 5.27. The third-order valence-electron chi connectivity index (χ3n) is 5.95. The van der Waals surface area contributed by atoms with Crippen LogP contribution in [0.1, 0.15) is 58.6 Å². The Bertz CT molecular complexity index is 1030. The standard InChI is InChI=1S/C29H40ClNO7/c1-6-7-14-34-17-26(38-21(3)33)19-35-24-11-8-22(9-12-24)29(4,5)23-10-13-28(27(31)15-23)36-18-25(16-30)37-20(2)32/h8-13,15,25-26H,6-7,14,16-19,31H2,1-5H3. The Hall–Kier alpha value is -2.97. The van der Waals surface area contributed by atoms with Gasteiger partial charge in [-0.2, -0.15) is 0 Å².